The largest absolute Gasteiger partial charge is 0.320 e. The van der Waals surface area contributed by atoms with Gasteiger partial charge in [0.1, 0.15) is 0 Å². The molecule has 2 N–H and O–H groups in total. The molecule has 1 aromatic carbocycles. The van der Waals surface area contributed by atoms with Crippen molar-refractivity contribution in [3.63, 3.8) is 0 Å². The smallest absolute Gasteiger partial charge is 0.0555 e. The van der Waals surface area contributed by atoms with Gasteiger partial charge in [0.05, 0.1) is 6.54 Å². The van der Waals surface area contributed by atoms with Crippen molar-refractivity contribution >= 4 is 11.8 Å². The van der Waals surface area contributed by atoms with Crippen LogP contribution in [0.5, 0.6) is 0 Å². The van der Waals surface area contributed by atoms with Gasteiger partial charge in [0, 0.05) is 11.3 Å². The van der Waals surface area contributed by atoms with E-state index in [-0.39, 0.29) is 0 Å². The summed E-state index contributed by atoms with van der Waals surface area (Å²) >= 11 is 2.01. The van der Waals surface area contributed by atoms with Crippen molar-refractivity contribution in [3.8, 4) is 11.8 Å². The lowest BCUT2D eigenvalue weighted by Crippen LogP contribution is -1.93. The maximum absolute atomic E-state index is 5.36. The van der Waals surface area contributed by atoms with E-state index < -0.39 is 0 Å². The van der Waals surface area contributed by atoms with Gasteiger partial charge in [0.15, 0.2) is 0 Å². The Labute approximate surface area is 109 Å². The minimum atomic E-state index is 0.427. The number of unbranched alkanes of at least 4 members (excludes halogenated alkanes) is 2. The monoisotopic (exact) mass is 247 g/mol. The van der Waals surface area contributed by atoms with Crippen LogP contribution in [0.15, 0.2) is 24.3 Å². The number of nitrogens with two attached hydrogens (primary N) is 1. The van der Waals surface area contributed by atoms with Crippen LogP contribution in [0, 0.1) is 11.8 Å². The zero-order valence-corrected chi connectivity index (χ0v) is 11.4. The van der Waals surface area contributed by atoms with Gasteiger partial charge < -0.3 is 5.73 Å². The third-order valence-electron chi connectivity index (χ3n) is 2.42. The highest BCUT2D eigenvalue weighted by atomic mass is 32.2. The summed E-state index contributed by atoms with van der Waals surface area (Å²) in [5.41, 5.74) is 7.79. The number of rotatable bonds is 6. The quantitative estimate of drug-likeness (QED) is 0.616. The Bertz CT molecular complexity index is 376. The molecule has 1 rings (SSSR count). The van der Waals surface area contributed by atoms with Crippen LogP contribution in [-0.2, 0) is 5.75 Å². The van der Waals surface area contributed by atoms with E-state index in [1.807, 2.05) is 17.8 Å². The Balaban J connectivity index is 2.38. The maximum Gasteiger partial charge on any atom is 0.0555 e. The van der Waals surface area contributed by atoms with Crippen LogP contribution >= 0.6 is 11.8 Å². The van der Waals surface area contributed by atoms with Crippen molar-refractivity contribution < 1.29 is 0 Å². The fraction of sp³-hybridized carbons (Fsp3) is 0.467. The molecule has 0 heterocycles. The summed E-state index contributed by atoms with van der Waals surface area (Å²) in [7, 11) is 0. The normalized spacial score (nSPS) is 9.76. The van der Waals surface area contributed by atoms with E-state index in [2.05, 4.69) is 37.0 Å². The van der Waals surface area contributed by atoms with Gasteiger partial charge in [-0.25, -0.2) is 0 Å². The third kappa shape index (κ3) is 6.41. The Kier molecular flexibility index (Phi) is 7.62. The van der Waals surface area contributed by atoms with Gasteiger partial charge in [-0.2, -0.15) is 11.8 Å². The van der Waals surface area contributed by atoms with Crippen molar-refractivity contribution in [2.75, 3.05) is 12.3 Å². The van der Waals surface area contributed by atoms with E-state index >= 15 is 0 Å². The molecule has 0 radical (unpaired) electrons. The predicted octanol–water partition coefficient (Wildman–Crippen LogP) is 3.42. The highest BCUT2D eigenvalue weighted by molar-refractivity contribution is 7.98. The van der Waals surface area contributed by atoms with Crippen molar-refractivity contribution in [2.45, 2.75) is 31.9 Å². The van der Waals surface area contributed by atoms with Gasteiger partial charge in [-0.15, -0.1) is 0 Å². The zero-order valence-electron chi connectivity index (χ0n) is 10.5. The van der Waals surface area contributed by atoms with Gasteiger partial charge in [-0.1, -0.05) is 43.7 Å². The highest BCUT2D eigenvalue weighted by Crippen LogP contribution is 2.15. The second kappa shape index (κ2) is 9.15. The molecule has 0 fully saturated rings. The molecular weight excluding hydrogens is 226 g/mol. The number of benzene rings is 1. The predicted molar refractivity (Wildman–Crippen MR) is 78.1 cm³/mol. The fourth-order valence-electron chi connectivity index (χ4n) is 1.54. The van der Waals surface area contributed by atoms with E-state index in [0.29, 0.717) is 6.54 Å². The molecular formula is C15H21NS. The molecule has 92 valence electrons. The summed E-state index contributed by atoms with van der Waals surface area (Å²) < 4.78 is 0. The minimum absolute atomic E-state index is 0.427. The van der Waals surface area contributed by atoms with Crippen molar-refractivity contribution in [1.29, 1.82) is 0 Å². The summed E-state index contributed by atoms with van der Waals surface area (Å²) in [6, 6.07) is 8.44. The zero-order chi connectivity index (χ0) is 12.3. The maximum atomic E-state index is 5.36. The Morgan fingerprint density at radius 2 is 2.18 bits per heavy atom. The van der Waals surface area contributed by atoms with Gasteiger partial charge in [-0.3, -0.25) is 0 Å². The van der Waals surface area contributed by atoms with Crippen LogP contribution in [0.4, 0.5) is 0 Å². The molecule has 0 bridgehead atoms. The molecule has 0 amide bonds. The summed E-state index contributed by atoms with van der Waals surface area (Å²) in [5, 5.41) is 0. The van der Waals surface area contributed by atoms with Crippen molar-refractivity contribution in [2.24, 2.45) is 5.73 Å². The second-order valence-electron chi connectivity index (χ2n) is 3.97. The summed E-state index contributed by atoms with van der Waals surface area (Å²) in [6.07, 6.45) is 3.97. The molecule has 0 aliphatic rings. The summed E-state index contributed by atoms with van der Waals surface area (Å²) in [4.78, 5) is 0. The van der Waals surface area contributed by atoms with E-state index in [4.69, 9.17) is 5.73 Å². The van der Waals surface area contributed by atoms with Crippen LogP contribution in [-0.4, -0.2) is 12.3 Å². The SMILES string of the molecule is CCCCCSCc1cccc(C#CCN)c1. The average Bonchev–Trinajstić information content (AvgIpc) is 2.37. The number of hydrogen-bond donors (Lipinski definition) is 1. The lowest BCUT2D eigenvalue weighted by molar-refractivity contribution is 0.778. The molecule has 0 saturated carbocycles. The van der Waals surface area contributed by atoms with Crippen molar-refractivity contribution in [1.82, 2.24) is 0 Å². The van der Waals surface area contributed by atoms with Gasteiger partial charge in [0.2, 0.25) is 0 Å². The van der Waals surface area contributed by atoms with E-state index in [1.54, 1.807) is 0 Å². The average molecular weight is 247 g/mol. The third-order valence-corrected chi connectivity index (χ3v) is 3.54. The first-order valence-corrected chi connectivity index (χ1v) is 7.38. The minimum Gasteiger partial charge on any atom is -0.320 e. The first-order valence-electron chi connectivity index (χ1n) is 6.22. The molecule has 0 atom stereocenters. The van der Waals surface area contributed by atoms with Crippen LogP contribution < -0.4 is 5.73 Å². The van der Waals surface area contributed by atoms with Gasteiger partial charge >= 0.3 is 0 Å². The van der Waals surface area contributed by atoms with E-state index in [1.165, 1.54) is 30.6 Å². The standard InChI is InChI=1S/C15H21NS/c1-2-3-4-11-17-13-15-8-5-7-14(12-15)9-6-10-16/h5,7-8,12H,2-4,10-11,13,16H2,1H3. The second-order valence-corrected chi connectivity index (χ2v) is 5.07. The summed E-state index contributed by atoms with van der Waals surface area (Å²) in [6.45, 7) is 2.67. The summed E-state index contributed by atoms with van der Waals surface area (Å²) in [5.74, 6) is 8.30. The lowest BCUT2D eigenvalue weighted by Gasteiger charge is -2.02. The Hall–Kier alpha value is -0.910. The number of thioether (sulfide) groups is 1. The fourth-order valence-corrected chi connectivity index (χ4v) is 2.50. The van der Waals surface area contributed by atoms with E-state index in [0.717, 1.165) is 11.3 Å². The van der Waals surface area contributed by atoms with Crippen LogP contribution in [0.2, 0.25) is 0 Å². The Morgan fingerprint density at radius 1 is 1.29 bits per heavy atom. The molecule has 17 heavy (non-hydrogen) atoms. The molecule has 0 aliphatic carbocycles. The molecule has 1 nitrogen and oxygen atoms in total. The van der Waals surface area contributed by atoms with Crippen molar-refractivity contribution in [3.05, 3.63) is 35.4 Å². The van der Waals surface area contributed by atoms with Crippen LogP contribution in [0.3, 0.4) is 0 Å². The molecule has 2 heteroatoms. The number of hydrogen-bond acceptors (Lipinski definition) is 2. The van der Waals surface area contributed by atoms with Crippen LogP contribution in [0.25, 0.3) is 0 Å². The van der Waals surface area contributed by atoms with Gasteiger partial charge in [0.25, 0.3) is 0 Å². The van der Waals surface area contributed by atoms with E-state index in [9.17, 15) is 0 Å². The molecule has 0 aliphatic heterocycles. The first kappa shape index (κ1) is 14.2. The molecule has 0 aromatic heterocycles. The highest BCUT2D eigenvalue weighted by Gasteiger charge is 1.95. The lowest BCUT2D eigenvalue weighted by atomic mass is 10.1. The van der Waals surface area contributed by atoms with Gasteiger partial charge in [-0.05, 0) is 29.9 Å². The first-order chi connectivity index (χ1) is 8.36. The topological polar surface area (TPSA) is 26.0 Å². The van der Waals surface area contributed by atoms with Crippen LogP contribution in [0.1, 0.15) is 37.3 Å². The molecule has 0 saturated heterocycles. The molecule has 1 aromatic rings. The Morgan fingerprint density at radius 3 is 2.94 bits per heavy atom. The molecule has 0 unspecified atom stereocenters. The molecule has 0 spiro atoms.